The summed E-state index contributed by atoms with van der Waals surface area (Å²) in [6.07, 6.45) is 0.790. The summed E-state index contributed by atoms with van der Waals surface area (Å²) < 4.78 is 40.1. The Hall–Kier alpha value is -0.690. The van der Waals surface area contributed by atoms with E-state index in [9.17, 15) is 12.8 Å². The van der Waals surface area contributed by atoms with Crippen LogP contribution in [-0.2, 0) is 10.0 Å². The summed E-state index contributed by atoms with van der Waals surface area (Å²) in [5.41, 5.74) is 0.935. The molecule has 1 aliphatic rings. The van der Waals surface area contributed by atoms with Crippen LogP contribution in [0.15, 0.2) is 17.0 Å². The predicted molar refractivity (Wildman–Crippen MR) is 79.4 cm³/mol. The fourth-order valence-electron chi connectivity index (χ4n) is 2.49. The van der Waals surface area contributed by atoms with E-state index in [2.05, 4.69) is 5.32 Å². The molecule has 2 rings (SSSR count). The van der Waals surface area contributed by atoms with E-state index in [1.165, 1.54) is 16.4 Å². The van der Waals surface area contributed by atoms with Gasteiger partial charge in [0.1, 0.15) is 5.82 Å². The number of nitrogens with one attached hydrogen (secondary N) is 1. The molecular weight excluding hydrogens is 303 g/mol. The quantitative estimate of drug-likeness (QED) is 0.904. The molecule has 1 saturated heterocycles. The molecule has 7 heteroatoms. The monoisotopic (exact) mass is 322 g/mol. The van der Waals surface area contributed by atoms with Gasteiger partial charge in [0.15, 0.2) is 0 Å². The van der Waals surface area contributed by atoms with Crippen LogP contribution in [0.1, 0.15) is 17.5 Å². The average molecular weight is 323 g/mol. The fraction of sp³-hybridized carbons (Fsp3) is 0.538. The maximum absolute atomic E-state index is 13.3. The van der Waals surface area contributed by atoms with Crippen LogP contribution < -0.4 is 5.32 Å². The fourth-order valence-corrected chi connectivity index (χ4v) is 4.39. The van der Waals surface area contributed by atoms with E-state index in [4.69, 9.17) is 0 Å². The Kier molecular flexibility index (Phi) is 5.94. The van der Waals surface area contributed by atoms with Crippen LogP contribution in [-0.4, -0.2) is 38.9 Å². The van der Waals surface area contributed by atoms with E-state index in [0.717, 1.165) is 13.0 Å². The summed E-state index contributed by atoms with van der Waals surface area (Å²) >= 11 is 0. The van der Waals surface area contributed by atoms with E-state index in [1.807, 2.05) is 0 Å². The topological polar surface area (TPSA) is 49.4 Å². The second-order valence-electron chi connectivity index (χ2n) is 4.88. The minimum atomic E-state index is -3.54. The Morgan fingerprint density at radius 3 is 2.35 bits per heavy atom. The van der Waals surface area contributed by atoms with Crippen LogP contribution in [0, 0.1) is 19.7 Å². The SMILES string of the molecule is Cc1cc(F)cc(C)c1S(=O)(=O)N1CCCNCC1.Cl. The minimum Gasteiger partial charge on any atom is -0.315 e. The molecule has 0 aromatic heterocycles. The summed E-state index contributed by atoms with van der Waals surface area (Å²) in [7, 11) is -3.54. The van der Waals surface area contributed by atoms with Gasteiger partial charge >= 0.3 is 0 Å². The number of nitrogens with zero attached hydrogens (tertiary/aromatic N) is 1. The Balaban J connectivity index is 0.00000200. The maximum Gasteiger partial charge on any atom is 0.243 e. The third kappa shape index (κ3) is 3.49. The molecule has 1 N–H and O–H groups in total. The molecule has 0 saturated carbocycles. The van der Waals surface area contributed by atoms with Gasteiger partial charge in [-0.3, -0.25) is 0 Å². The van der Waals surface area contributed by atoms with Gasteiger partial charge in [-0.15, -0.1) is 12.4 Å². The third-order valence-electron chi connectivity index (χ3n) is 3.32. The number of rotatable bonds is 2. The van der Waals surface area contributed by atoms with Crippen LogP contribution in [0.25, 0.3) is 0 Å². The molecule has 4 nitrogen and oxygen atoms in total. The van der Waals surface area contributed by atoms with Crippen molar-refractivity contribution < 1.29 is 12.8 Å². The van der Waals surface area contributed by atoms with E-state index >= 15 is 0 Å². The van der Waals surface area contributed by atoms with Crippen molar-refractivity contribution in [2.24, 2.45) is 0 Å². The summed E-state index contributed by atoms with van der Waals surface area (Å²) in [6, 6.07) is 2.55. The number of halogens is 2. The van der Waals surface area contributed by atoms with E-state index in [1.54, 1.807) is 13.8 Å². The zero-order valence-electron chi connectivity index (χ0n) is 11.6. The zero-order valence-corrected chi connectivity index (χ0v) is 13.3. The van der Waals surface area contributed by atoms with Gasteiger partial charge in [-0.1, -0.05) is 0 Å². The van der Waals surface area contributed by atoms with E-state index in [0.29, 0.717) is 30.8 Å². The average Bonchev–Trinajstić information content (AvgIpc) is 2.55. The number of hydrogen-bond acceptors (Lipinski definition) is 3. The first-order valence-corrected chi connectivity index (χ1v) is 7.84. The highest BCUT2D eigenvalue weighted by Crippen LogP contribution is 2.25. The van der Waals surface area contributed by atoms with Crippen molar-refractivity contribution in [1.29, 1.82) is 0 Å². The molecule has 1 heterocycles. The number of aryl methyl sites for hydroxylation is 2. The standard InChI is InChI=1S/C13H19FN2O2S.ClH/c1-10-8-12(14)9-11(2)13(10)19(17,18)16-6-3-4-15-5-7-16;/h8-9,15H,3-7H2,1-2H3;1H. The summed E-state index contributed by atoms with van der Waals surface area (Å²) in [5, 5.41) is 3.17. The van der Waals surface area contributed by atoms with Crippen LogP contribution in [0.4, 0.5) is 4.39 Å². The molecule has 0 unspecified atom stereocenters. The molecule has 114 valence electrons. The van der Waals surface area contributed by atoms with Gasteiger partial charge in [0.25, 0.3) is 0 Å². The maximum atomic E-state index is 13.3. The van der Waals surface area contributed by atoms with Gasteiger partial charge in [-0.05, 0) is 50.1 Å². The molecule has 20 heavy (non-hydrogen) atoms. The first-order chi connectivity index (χ1) is 8.93. The Bertz CT molecular complexity index is 547. The van der Waals surface area contributed by atoms with Gasteiger partial charge < -0.3 is 5.32 Å². The predicted octanol–water partition coefficient (Wildman–Crippen LogP) is 1.85. The van der Waals surface area contributed by atoms with Gasteiger partial charge in [-0.25, -0.2) is 12.8 Å². The Morgan fingerprint density at radius 1 is 1.15 bits per heavy atom. The normalized spacial score (nSPS) is 17.4. The summed E-state index contributed by atoms with van der Waals surface area (Å²) in [6.45, 7) is 5.72. The highest BCUT2D eigenvalue weighted by molar-refractivity contribution is 7.89. The first-order valence-electron chi connectivity index (χ1n) is 6.40. The van der Waals surface area contributed by atoms with Gasteiger partial charge in [-0.2, -0.15) is 4.31 Å². The molecule has 1 aromatic carbocycles. The Labute approximate surface area is 125 Å². The van der Waals surface area contributed by atoms with Crippen molar-refractivity contribution >= 4 is 22.4 Å². The lowest BCUT2D eigenvalue weighted by Crippen LogP contribution is -2.35. The molecule has 0 bridgehead atoms. The molecule has 1 fully saturated rings. The smallest absolute Gasteiger partial charge is 0.243 e. The van der Waals surface area contributed by atoms with Gasteiger partial charge in [0.05, 0.1) is 4.90 Å². The molecule has 0 radical (unpaired) electrons. The largest absolute Gasteiger partial charge is 0.315 e. The summed E-state index contributed by atoms with van der Waals surface area (Å²) in [4.78, 5) is 0.246. The van der Waals surface area contributed by atoms with Crippen molar-refractivity contribution in [3.63, 3.8) is 0 Å². The lowest BCUT2D eigenvalue weighted by atomic mass is 10.1. The molecule has 0 aliphatic carbocycles. The van der Waals surface area contributed by atoms with Crippen LogP contribution in [0.3, 0.4) is 0 Å². The number of hydrogen-bond donors (Lipinski definition) is 1. The number of benzene rings is 1. The minimum absolute atomic E-state index is 0. The van der Waals surface area contributed by atoms with Crippen molar-refractivity contribution in [3.8, 4) is 0 Å². The van der Waals surface area contributed by atoms with E-state index in [-0.39, 0.29) is 17.3 Å². The van der Waals surface area contributed by atoms with Crippen LogP contribution in [0.2, 0.25) is 0 Å². The first kappa shape index (κ1) is 17.4. The van der Waals surface area contributed by atoms with Crippen molar-refractivity contribution in [2.45, 2.75) is 25.2 Å². The van der Waals surface area contributed by atoms with Gasteiger partial charge in [0.2, 0.25) is 10.0 Å². The second kappa shape index (κ2) is 6.85. The van der Waals surface area contributed by atoms with E-state index < -0.39 is 15.8 Å². The zero-order chi connectivity index (χ0) is 14.0. The van der Waals surface area contributed by atoms with Crippen LogP contribution in [0.5, 0.6) is 0 Å². The van der Waals surface area contributed by atoms with Crippen molar-refractivity contribution in [2.75, 3.05) is 26.2 Å². The molecule has 0 spiro atoms. The lowest BCUT2D eigenvalue weighted by Gasteiger charge is -2.22. The van der Waals surface area contributed by atoms with Crippen LogP contribution >= 0.6 is 12.4 Å². The molecule has 0 atom stereocenters. The number of sulfonamides is 1. The molecule has 1 aliphatic heterocycles. The molecule has 0 amide bonds. The lowest BCUT2D eigenvalue weighted by molar-refractivity contribution is 0.431. The summed E-state index contributed by atoms with van der Waals surface area (Å²) in [5.74, 6) is -0.397. The van der Waals surface area contributed by atoms with Gasteiger partial charge in [0, 0.05) is 19.6 Å². The highest BCUT2D eigenvalue weighted by Gasteiger charge is 2.28. The Morgan fingerprint density at radius 2 is 1.75 bits per heavy atom. The van der Waals surface area contributed by atoms with Crippen molar-refractivity contribution in [3.05, 3.63) is 29.1 Å². The van der Waals surface area contributed by atoms with Crippen molar-refractivity contribution in [1.82, 2.24) is 9.62 Å². The highest BCUT2D eigenvalue weighted by atomic mass is 35.5. The third-order valence-corrected chi connectivity index (χ3v) is 5.53. The molecular formula is C13H20ClFN2O2S. The second-order valence-corrected chi connectivity index (χ2v) is 6.75. The molecule has 1 aromatic rings.